The molecule has 1 amide bonds. The fourth-order valence-corrected chi connectivity index (χ4v) is 2.78. The van der Waals surface area contributed by atoms with Gasteiger partial charge in [0.15, 0.2) is 5.78 Å². The van der Waals surface area contributed by atoms with Crippen LogP contribution < -0.4 is 0 Å². The Morgan fingerprint density at radius 1 is 0.926 bits per heavy atom. The number of hydrogen-bond donors (Lipinski definition) is 0. The molecule has 0 saturated heterocycles. The van der Waals surface area contributed by atoms with Crippen LogP contribution in [0, 0.1) is 13.8 Å². The second-order valence-electron chi connectivity index (χ2n) is 7.44. The van der Waals surface area contributed by atoms with Crippen molar-refractivity contribution in [3.8, 4) is 0 Å². The van der Waals surface area contributed by atoms with Crippen molar-refractivity contribution < 1.29 is 9.59 Å². The zero-order chi connectivity index (χ0) is 20.1. The summed E-state index contributed by atoms with van der Waals surface area (Å²) >= 11 is 0. The summed E-state index contributed by atoms with van der Waals surface area (Å²) in [5.74, 6) is 0.240. The summed E-state index contributed by atoms with van der Waals surface area (Å²) in [5.41, 5.74) is 5.10. The van der Waals surface area contributed by atoms with E-state index >= 15 is 0 Å². The van der Waals surface area contributed by atoms with E-state index in [0.717, 1.165) is 16.7 Å². The molecule has 0 radical (unpaired) electrons. The van der Waals surface area contributed by atoms with E-state index in [2.05, 4.69) is 26.0 Å². The van der Waals surface area contributed by atoms with Gasteiger partial charge in [-0.25, -0.2) is 0 Å². The van der Waals surface area contributed by atoms with Crippen molar-refractivity contribution in [1.82, 2.24) is 4.90 Å². The predicted octanol–water partition coefficient (Wildman–Crippen LogP) is 5.17. The van der Waals surface area contributed by atoms with Gasteiger partial charge in [0, 0.05) is 18.7 Å². The molecule has 3 heteroatoms. The minimum Gasteiger partial charge on any atom is -0.332 e. The van der Waals surface area contributed by atoms with E-state index in [0.29, 0.717) is 11.5 Å². The molecule has 0 fully saturated rings. The fourth-order valence-electron chi connectivity index (χ4n) is 2.78. The highest BCUT2D eigenvalue weighted by molar-refractivity contribution is 6.03. The van der Waals surface area contributed by atoms with Crippen molar-refractivity contribution in [2.45, 2.75) is 46.6 Å². The lowest BCUT2D eigenvalue weighted by Crippen LogP contribution is -2.39. The molecule has 2 aromatic rings. The Morgan fingerprint density at radius 3 is 2.11 bits per heavy atom. The number of amides is 1. The number of likely N-dealkylation sites (N-methyl/N-ethyl adjacent to an activating group) is 1. The molecule has 2 rings (SSSR count). The van der Waals surface area contributed by atoms with Crippen molar-refractivity contribution in [1.29, 1.82) is 0 Å². The Balaban J connectivity index is 2.06. The summed E-state index contributed by atoms with van der Waals surface area (Å²) in [5, 5.41) is 0. The first-order valence-corrected chi connectivity index (χ1v) is 9.37. The van der Waals surface area contributed by atoms with Gasteiger partial charge in [0.2, 0.25) is 5.91 Å². The number of nitrogens with zero attached hydrogens (tertiary/aromatic N) is 1. The fraction of sp³-hybridized carbons (Fsp3) is 0.333. The van der Waals surface area contributed by atoms with Crippen molar-refractivity contribution in [2.75, 3.05) is 7.05 Å². The van der Waals surface area contributed by atoms with Crippen LogP contribution in [-0.2, 0) is 4.79 Å². The quantitative estimate of drug-likeness (QED) is 0.524. The van der Waals surface area contributed by atoms with Gasteiger partial charge in [-0.3, -0.25) is 9.59 Å². The van der Waals surface area contributed by atoms with Gasteiger partial charge in [-0.05, 0) is 61.1 Å². The van der Waals surface area contributed by atoms with Gasteiger partial charge in [0.25, 0.3) is 0 Å². The molecule has 3 nitrogen and oxygen atoms in total. The topological polar surface area (TPSA) is 37.4 Å². The number of carbonyl (C=O) groups excluding carboxylic acids is 2. The largest absolute Gasteiger partial charge is 0.332 e. The number of benzene rings is 2. The van der Waals surface area contributed by atoms with Crippen molar-refractivity contribution in [3.63, 3.8) is 0 Å². The van der Waals surface area contributed by atoms with E-state index in [1.165, 1.54) is 16.5 Å². The molecule has 0 aliphatic heterocycles. The molecule has 0 saturated carbocycles. The highest BCUT2D eigenvalue weighted by Crippen LogP contribution is 2.16. The second-order valence-corrected chi connectivity index (χ2v) is 7.44. The van der Waals surface area contributed by atoms with Crippen LogP contribution in [0.1, 0.15) is 59.3 Å². The lowest BCUT2D eigenvalue weighted by molar-refractivity contribution is -0.125. The second kappa shape index (κ2) is 8.81. The first-order valence-electron chi connectivity index (χ1n) is 9.37. The lowest BCUT2D eigenvalue weighted by atomic mass is 9.99. The summed E-state index contributed by atoms with van der Waals surface area (Å²) in [6.45, 7) is 10.1. The molecule has 1 unspecified atom stereocenters. The Hall–Kier alpha value is -2.68. The van der Waals surface area contributed by atoms with Gasteiger partial charge < -0.3 is 4.90 Å². The van der Waals surface area contributed by atoms with Crippen LogP contribution in [0.25, 0.3) is 6.08 Å². The lowest BCUT2D eigenvalue weighted by Gasteiger charge is -2.23. The van der Waals surface area contributed by atoms with Gasteiger partial charge in [-0.1, -0.05) is 50.2 Å². The Kier molecular flexibility index (Phi) is 6.73. The highest BCUT2D eigenvalue weighted by atomic mass is 16.2. The summed E-state index contributed by atoms with van der Waals surface area (Å²) in [7, 11) is 1.66. The van der Waals surface area contributed by atoms with Gasteiger partial charge in [-0.2, -0.15) is 0 Å². The van der Waals surface area contributed by atoms with Crippen LogP contribution in [0.2, 0.25) is 0 Å². The summed E-state index contributed by atoms with van der Waals surface area (Å²) in [4.78, 5) is 26.7. The van der Waals surface area contributed by atoms with Gasteiger partial charge in [-0.15, -0.1) is 0 Å². The molecule has 0 bridgehead atoms. The predicted molar refractivity (Wildman–Crippen MR) is 112 cm³/mol. The first-order chi connectivity index (χ1) is 12.7. The Bertz CT molecular complexity index is 847. The molecule has 27 heavy (non-hydrogen) atoms. The third-order valence-electron chi connectivity index (χ3n) is 5.12. The monoisotopic (exact) mass is 363 g/mol. The van der Waals surface area contributed by atoms with E-state index < -0.39 is 6.04 Å². The maximum Gasteiger partial charge on any atom is 0.246 e. The standard InChI is InChI=1S/C24H29NO2/c1-16(2)21-12-8-20(9-13-21)10-14-23(26)25(6)19(5)24(27)22-11-7-17(3)18(4)15-22/h7-16,19H,1-6H3/b14-10+. The van der Waals surface area contributed by atoms with Gasteiger partial charge >= 0.3 is 0 Å². The van der Waals surface area contributed by atoms with Gasteiger partial charge in [0.05, 0.1) is 6.04 Å². The minimum absolute atomic E-state index is 0.0522. The van der Waals surface area contributed by atoms with E-state index in [1.54, 1.807) is 20.0 Å². The summed E-state index contributed by atoms with van der Waals surface area (Å²) < 4.78 is 0. The molecule has 1 atom stereocenters. The number of rotatable bonds is 6. The Morgan fingerprint density at radius 2 is 1.56 bits per heavy atom. The van der Waals surface area contributed by atoms with Crippen molar-refractivity contribution >= 4 is 17.8 Å². The SMILES string of the molecule is Cc1ccc(C(=O)C(C)N(C)C(=O)/C=C/c2ccc(C(C)C)cc2)cc1C. The first kappa shape index (κ1) is 20.6. The van der Waals surface area contributed by atoms with Crippen LogP contribution in [0.5, 0.6) is 0 Å². The number of Topliss-reactive ketones (excluding diaryl/α,β-unsaturated/α-hetero) is 1. The number of ketones is 1. The molecule has 142 valence electrons. The number of carbonyl (C=O) groups is 2. The zero-order valence-corrected chi connectivity index (χ0v) is 17.1. The van der Waals surface area contributed by atoms with Gasteiger partial charge in [0.1, 0.15) is 0 Å². The maximum atomic E-state index is 12.7. The number of hydrogen-bond acceptors (Lipinski definition) is 2. The van der Waals surface area contributed by atoms with Crippen molar-refractivity contribution in [3.05, 3.63) is 76.4 Å². The maximum absolute atomic E-state index is 12.7. The third-order valence-corrected chi connectivity index (χ3v) is 5.12. The zero-order valence-electron chi connectivity index (χ0n) is 17.1. The molecule has 0 aliphatic rings. The van der Waals surface area contributed by atoms with E-state index in [-0.39, 0.29) is 11.7 Å². The van der Waals surface area contributed by atoms with Crippen LogP contribution in [0.15, 0.2) is 48.5 Å². The molecular weight excluding hydrogens is 334 g/mol. The molecular formula is C24H29NO2. The minimum atomic E-state index is -0.521. The number of aryl methyl sites for hydroxylation is 2. The van der Waals surface area contributed by atoms with Crippen LogP contribution in [0.3, 0.4) is 0 Å². The molecule has 0 N–H and O–H groups in total. The molecule has 2 aromatic carbocycles. The summed E-state index contributed by atoms with van der Waals surface area (Å²) in [6, 6.07) is 13.3. The molecule has 0 aliphatic carbocycles. The molecule has 0 heterocycles. The van der Waals surface area contributed by atoms with Crippen molar-refractivity contribution in [2.24, 2.45) is 0 Å². The normalized spacial score (nSPS) is 12.4. The highest BCUT2D eigenvalue weighted by Gasteiger charge is 2.22. The molecule has 0 spiro atoms. The van der Waals surface area contributed by atoms with E-state index in [1.807, 2.05) is 44.2 Å². The third kappa shape index (κ3) is 5.16. The Labute approximate surface area is 162 Å². The smallest absolute Gasteiger partial charge is 0.246 e. The van der Waals surface area contributed by atoms with E-state index in [4.69, 9.17) is 0 Å². The average molecular weight is 364 g/mol. The molecule has 0 aromatic heterocycles. The van der Waals surface area contributed by atoms with Crippen LogP contribution in [-0.4, -0.2) is 29.7 Å². The van der Waals surface area contributed by atoms with Crippen LogP contribution >= 0.6 is 0 Å². The van der Waals surface area contributed by atoms with E-state index in [9.17, 15) is 9.59 Å². The van der Waals surface area contributed by atoms with Crippen LogP contribution in [0.4, 0.5) is 0 Å². The average Bonchev–Trinajstić information content (AvgIpc) is 2.66. The summed E-state index contributed by atoms with van der Waals surface area (Å²) in [6.07, 6.45) is 3.31.